The highest BCUT2D eigenvalue weighted by Crippen LogP contribution is 2.37. The number of nitrogens with one attached hydrogen (secondary N) is 1. The molecule has 136 valence electrons. The van der Waals surface area contributed by atoms with Gasteiger partial charge in [-0.2, -0.15) is 0 Å². The van der Waals surface area contributed by atoms with Crippen molar-refractivity contribution in [3.63, 3.8) is 0 Å². The standard InChI is InChI=1S/C24H24N2O/c1-4-18-9-11-19(12-10-18)23-25-22-8-6-5-7-21(22)24(27)26(23)20-14-16(2)13-17(3)15-20/h5-15,23,25H,4H2,1-3H3. The first kappa shape index (κ1) is 17.3. The van der Waals surface area contributed by atoms with Gasteiger partial charge in [0.1, 0.15) is 6.17 Å². The van der Waals surface area contributed by atoms with Gasteiger partial charge in [-0.25, -0.2) is 0 Å². The molecular weight excluding hydrogens is 332 g/mol. The summed E-state index contributed by atoms with van der Waals surface area (Å²) >= 11 is 0. The maximum Gasteiger partial charge on any atom is 0.262 e. The van der Waals surface area contributed by atoms with Gasteiger partial charge in [0.25, 0.3) is 5.91 Å². The lowest BCUT2D eigenvalue weighted by Gasteiger charge is -2.38. The molecule has 3 nitrogen and oxygen atoms in total. The van der Waals surface area contributed by atoms with Crippen LogP contribution in [0, 0.1) is 13.8 Å². The van der Waals surface area contributed by atoms with E-state index in [0.29, 0.717) is 5.56 Å². The van der Waals surface area contributed by atoms with Gasteiger partial charge < -0.3 is 5.32 Å². The SMILES string of the molecule is CCc1ccc(C2Nc3ccccc3C(=O)N2c2cc(C)cc(C)c2)cc1. The van der Waals surface area contributed by atoms with Crippen molar-refractivity contribution in [2.75, 3.05) is 10.2 Å². The van der Waals surface area contributed by atoms with Crippen molar-refractivity contribution < 1.29 is 4.79 Å². The zero-order valence-electron chi connectivity index (χ0n) is 16.0. The number of amides is 1. The fraction of sp³-hybridized carbons (Fsp3) is 0.208. The van der Waals surface area contributed by atoms with E-state index in [1.54, 1.807) is 0 Å². The van der Waals surface area contributed by atoms with Gasteiger partial charge >= 0.3 is 0 Å². The largest absolute Gasteiger partial charge is 0.360 e. The molecule has 0 bridgehead atoms. The summed E-state index contributed by atoms with van der Waals surface area (Å²) < 4.78 is 0. The Balaban J connectivity index is 1.86. The molecule has 3 heteroatoms. The minimum atomic E-state index is -0.237. The minimum Gasteiger partial charge on any atom is -0.360 e. The van der Waals surface area contributed by atoms with Crippen LogP contribution in [-0.2, 0) is 6.42 Å². The first-order valence-electron chi connectivity index (χ1n) is 9.43. The third-order valence-electron chi connectivity index (χ3n) is 5.12. The molecule has 1 aliphatic heterocycles. The number of nitrogens with zero attached hydrogens (tertiary/aromatic N) is 1. The molecule has 3 aromatic rings. The molecule has 0 radical (unpaired) electrons. The molecule has 1 amide bonds. The molecule has 1 unspecified atom stereocenters. The molecule has 0 saturated carbocycles. The van der Waals surface area contributed by atoms with Crippen molar-refractivity contribution in [3.8, 4) is 0 Å². The Bertz CT molecular complexity index is 971. The van der Waals surface area contributed by atoms with Crippen LogP contribution < -0.4 is 10.2 Å². The number of fused-ring (bicyclic) bond motifs is 1. The molecule has 0 aliphatic carbocycles. The topological polar surface area (TPSA) is 32.3 Å². The van der Waals surface area contributed by atoms with Crippen LogP contribution in [0.2, 0.25) is 0 Å². The van der Waals surface area contributed by atoms with Crippen LogP contribution in [-0.4, -0.2) is 5.91 Å². The maximum absolute atomic E-state index is 13.4. The highest BCUT2D eigenvalue weighted by molar-refractivity contribution is 6.12. The van der Waals surface area contributed by atoms with Crippen molar-refractivity contribution in [1.29, 1.82) is 0 Å². The van der Waals surface area contributed by atoms with Gasteiger partial charge in [-0.15, -0.1) is 0 Å². The van der Waals surface area contributed by atoms with E-state index in [-0.39, 0.29) is 12.1 Å². The molecule has 0 fully saturated rings. The zero-order valence-corrected chi connectivity index (χ0v) is 16.0. The summed E-state index contributed by atoms with van der Waals surface area (Å²) in [7, 11) is 0. The second kappa shape index (κ2) is 6.92. The fourth-order valence-corrected chi connectivity index (χ4v) is 3.78. The minimum absolute atomic E-state index is 0.0268. The number of benzene rings is 3. The maximum atomic E-state index is 13.4. The second-order valence-electron chi connectivity index (χ2n) is 7.21. The van der Waals surface area contributed by atoms with Crippen molar-refractivity contribution >= 4 is 17.3 Å². The Morgan fingerprint density at radius 3 is 2.26 bits per heavy atom. The molecule has 4 rings (SSSR count). The molecule has 0 spiro atoms. The highest BCUT2D eigenvalue weighted by Gasteiger charge is 2.34. The predicted octanol–water partition coefficient (Wildman–Crippen LogP) is 5.64. The van der Waals surface area contributed by atoms with Gasteiger partial charge in [0.05, 0.1) is 5.56 Å². The summed E-state index contributed by atoms with van der Waals surface area (Å²) in [5.41, 5.74) is 7.18. The van der Waals surface area contributed by atoms with Crippen molar-refractivity contribution in [2.45, 2.75) is 33.4 Å². The van der Waals surface area contributed by atoms with E-state index in [4.69, 9.17) is 0 Å². The molecule has 0 saturated heterocycles. The molecule has 1 aliphatic rings. The van der Waals surface area contributed by atoms with Crippen LogP contribution in [0.5, 0.6) is 0 Å². The fourth-order valence-electron chi connectivity index (χ4n) is 3.78. The first-order valence-corrected chi connectivity index (χ1v) is 9.43. The number of carbonyl (C=O) groups is 1. The number of aryl methyl sites for hydroxylation is 3. The number of hydrogen-bond acceptors (Lipinski definition) is 2. The van der Waals surface area contributed by atoms with Crippen LogP contribution in [0.1, 0.15) is 45.7 Å². The molecule has 3 aromatic carbocycles. The Kier molecular flexibility index (Phi) is 4.44. The van der Waals surface area contributed by atoms with Gasteiger partial charge in [-0.1, -0.05) is 49.4 Å². The van der Waals surface area contributed by atoms with E-state index in [1.807, 2.05) is 29.2 Å². The van der Waals surface area contributed by atoms with E-state index in [2.05, 4.69) is 68.6 Å². The van der Waals surface area contributed by atoms with Crippen LogP contribution in [0.4, 0.5) is 11.4 Å². The Morgan fingerprint density at radius 2 is 1.59 bits per heavy atom. The zero-order chi connectivity index (χ0) is 19.0. The molecule has 27 heavy (non-hydrogen) atoms. The van der Waals surface area contributed by atoms with Crippen molar-refractivity contribution in [3.05, 3.63) is 94.5 Å². The average Bonchev–Trinajstić information content (AvgIpc) is 2.67. The van der Waals surface area contributed by atoms with Crippen molar-refractivity contribution in [2.24, 2.45) is 0 Å². The van der Waals surface area contributed by atoms with E-state index in [0.717, 1.165) is 34.5 Å². The number of hydrogen-bond donors (Lipinski definition) is 1. The number of anilines is 2. The van der Waals surface area contributed by atoms with Gasteiger partial charge in [0.2, 0.25) is 0 Å². The summed E-state index contributed by atoms with van der Waals surface area (Å²) in [4.78, 5) is 15.3. The smallest absolute Gasteiger partial charge is 0.262 e. The van der Waals surface area contributed by atoms with Crippen LogP contribution >= 0.6 is 0 Å². The monoisotopic (exact) mass is 356 g/mol. The normalized spacial score (nSPS) is 16.0. The van der Waals surface area contributed by atoms with Gasteiger partial charge in [0.15, 0.2) is 0 Å². The molecule has 1 atom stereocenters. The second-order valence-corrected chi connectivity index (χ2v) is 7.21. The third-order valence-corrected chi connectivity index (χ3v) is 5.12. The first-order chi connectivity index (χ1) is 13.1. The summed E-state index contributed by atoms with van der Waals surface area (Å²) in [6.45, 7) is 6.28. The predicted molar refractivity (Wildman–Crippen MR) is 111 cm³/mol. The van der Waals surface area contributed by atoms with Crippen LogP contribution in [0.3, 0.4) is 0 Å². The Labute approximate surface area is 160 Å². The summed E-state index contributed by atoms with van der Waals surface area (Å²) in [5, 5.41) is 3.57. The van der Waals surface area contributed by atoms with Crippen LogP contribution in [0.15, 0.2) is 66.7 Å². The van der Waals surface area contributed by atoms with E-state index >= 15 is 0 Å². The van der Waals surface area contributed by atoms with Crippen LogP contribution in [0.25, 0.3) is 0 Å². The highest BCUT2D eigenvalue weighted by atomic mass is 16.2. The molecule has 1 heterocycles. The molecular formula is C24H24N2O. The van der Waals surface area contributed by atoms with Gasteiger partial charge in [0, 0.05) is 11.4 Å². The summed E-state index contributed by atoms with van der Waals surface area (Å²) in [6.07, 6.45) is 0.764. The summed E-state index contributed by atoms with van der Waals surface area (Å²) in [6, 6.07) is 22.5. The van der Waals surface area contributed by atoms with E-state index in [1.165, 1.54) is 5.56 Å². The van der Waals surface area contributed by atoms with E-state index in [9.17, 15) is 4.79 Å². The number of rotatable bonds is 3. The van der Waals surface area contributed by atoms with Crippen molar-refractivity contribution in [1.82, 2.24) is 0 Å². The quantitative estimate of drug-likeness (QED) is 0.659. The number of para-hydroxylation sites is 1. The summed E-state index contributed by atoms with van der Waals surface area (Å²) in [5.74, 6) is 0.0268. The Hall–Kier alpha value is -3.07. The third kappa shape index (κ3) is 3.21. The lowest BCUT2D eigenvalue weighted by molar-refractivity contribution is 0.0975. The van der Waals surface area contributed by atoms with E-state index < -0.39 is 0 Å². The average molecular weight is 356 g/mol. The van der Waals surface area contributed by atoms with Gasteiger partial charge in [-0.05, 0) is 66.8 Å². The van der Waals surface area contributed by atoms with Gasteiger partial charge in [-0.3, -0.25) is 9.69 Å². The number of carbonyl (C=O) groups excluding carboxylic acids is 1. The Morgan fingerprint density at radius 1 is 0.926 bits per heavy atom. The molecule has 0 aromatic heterocycles. The lowest BCUT2D eigenvalue weighted by atomic mass is 10.0. The lowest BCUT2D eigenvalue weighted by Crippen LogP contribution is -2.43. The molecule has 1 N–H and O–H groups in total.